The molecule has 2 rings (SSSR count). The zero-order valence-electron chi connectivity index (χ0n) is 10.6. The molecule has 1 aliphatic rings. The van der Waals surface area contributed by atoms with Crippen LogP contribution in [0.2, 0.25) is 0 Å². The number of aromatic nitrogens is 2. The molecule has 1 aromatic heterocycles. The van der Waals surface area contributed by atoms with Gasteiger partial charge in [-0.05, 0) is 6.26 Å². The van der Waals surface area contributed by atoms with E-state index in [-0.39, 0.29) is 0 Å². The smallest absolute Gasteiger partial charge is 0.191 e. The van der Waals surface area contributed by atoms with Crippen LogP contribution in [0.4, 0.5) is 11.6 Å². The van der Waals surface area contributed by atoms with Crippen molar-refractivity contribution in [2.24, 2.45) is 0 Å². The zero-order valence-corrected chi connectivity index (χ0v) is 13.1. The lowest BCUT2D eigenvalue weighted by Crippen LogP contribution is -2.23. The number of rotatable bonds is 5. The van der Waals surface area contributed by atoms with Crippen molar-refractivity contribution in [3.8, 4) is 0 Å². The fourth-order valence-corrected chi connectivity index (χ4v) is 4.60. The lowest BCUT2D eigenvalue weighted by Gasteiger charge is -2.21. The van der Waals surface area contributed by atoms with Crippen LogP contribution < -0.4 is 10.6 Å². The minimum Gasteiger partial charge on any atom is -0.373 e. The summed E-state index contributed by atoms with van der Waals surface area (Å²) in [5, 5.41) is 7.98. The second-order valence-electron chi connectivity index (χ2n) is 3.82. The highest BCUT2D eigenvalue weighted by atomic mass is 32.2. The van der Waals surface area contributed by atoms with Crippen LogP contribution in [0, 0.1) is 0 Å². The Morgan fingerprint density at radius 2 is 2.22 bits per heavy atom. The van der Waals surface area contributed by atoms with Crippen LogP contribution in [0.3, 0.4) is 0 Å². The van der Waals surface area contributed by atoms with Crippen molar-refractivity contribution >= 4 is 46.9 Å². The van der Waals surface area contributed by atoms with Gasteiger partial charge in [-0.1, -0.05) is 11.8 Å². The number of anilines is 2. The van der Waals surface area contributed by atoms with Crippen molar-refractivity contribution in [1.82, 2.24) is 9.97 Å². The van der Waals surface area contributed by atoms with Crippen LogP contribution in [-0.2, 0) is 0 Å². The molecular formula is C11H18N4S3. The van der Waals surface area contributed by atoms with Crippen LogP contribution in [0.1, 0.15) is 0 Å². The molecule has 2 heterocycles. The average Bonchev–Trinajstić information content (AvgIpc) is 2.45. The van der Waals surface area contributed by atoms with Crippen molar-refractivity contribution in [3.63, 3.8) is 0 Å². The van der Waals surface area contributed by atoms with E-state index in [1.807, 2.05) is 31.1 Å². The molecule has 0 aromatic carbocycles. The van der Waals surface area contributed by atoms with Gasteiger partial charge in [0.25, 0.3) is 0 Å². The second-order valence-corrected chi connectivity index (χ2v) is 7.16. The fourth-order valence-electron chi connectivity index (χ4n) is 1.61. The normalized spacial score (nSPS) is 19.6. The van der Waals surface area contributed by atoms with Crippen LogP contribution in [0.15, 0.2) is 11.2 Å². The van der Waals surface area contributed by atoms with E-state index in [0.717, 1.165) is 23.3 Å². The Kier molecular flexibility index (Phi) is 5.78. The Bertz CT molecular complexity index is 360. The standard InChI is InChI=1S/C11H18N4S3/c1-12-9-5-10(15-11(14-9)16-2)13-6-8-7-17-3-4-18-8/h5,8H,3-4,6-7H2,1-2H3,(H2,12,13,14,15). The molecule has 1 aromatic rings. The summed E-state index contributed by atoms with van der Waals surface area (Å²) in [6.45, 7) is 0.978. The first-order valence-corrected chi connectivity index (χ1v) is 9.28. The average molecular weight is 302 g/mol. The van der Waals surface area contributed by atoms with Gasteiger partial charge in [0.15, 0.2) is 5.16 Å². The number of hydrogen-bond acceptors (Lipinski definition) is 7. The van der Waals surface area contributed by atoms with E-state index in [1.54, 1.807) is 11.8 Å². The lowest BCUT2D eigenvalue weighted by molar-refractivity contribution is 0.939. The molecule has 0 spiro atoms. The molecule has 0 aliphatic carbocycles. The van der Waals surface area contributed by atoms with Gasteiger partial charge < -0.3 is 10.6 Å². The molecule has 1 unspecified atom stereocenters. The molecule has 18 heavy (non-hydrogen) atoms. The molecule has 0 amide bonds. The van der Waals surface area contributed by atoms with Gasteiger partial charge in [0.2, 0.25) is 0 Å². The minimum absolute atomic E-state index is 0.689. The molecule has 0 bridgehead atoms. The summed E-state index contributed by atoms with van der Waals surface area (Å²) >= 11 is 5.66. The van der Waals surface area contributed by atoms with E-state index in [0.29, 0.717) is 5.25 Å². The fraction of sp³-hybridized carbons (Fsp3) is 0.636. The number of nitrogens with one attached hydrogen (secondary N) is 2. The van der Waals surface area contributed by atoms with Gasteiger partial charge in [-0.3, -0.25) is 0 Å². The molecule has 0 saturated carbocycles. The van der Waals surface area contributed by atoms with Crippen molar-refractivity contribution in [3.05, 3.63) is 6.07 Å². The first kappa shape index (κ1) is 14.1. The van der Waals surface area contributed by atoms with E-state index >= 15 is 0 Å². The summed E-state index contributed by atoms with van der Waals surface area (Å²) in [5.41, 5.74) is 0. The van der Waals surface area contributed by atoms with E-state index in [1.165, 1.54) is 17.3 Å². The van der Waals surface area contributed by atoms with Crippen LogP contribution in [-0.4, -0.2) is 52.3 Å². The van der Waals surface area contributed by atoms with Gasteiger partial charge >= 0.3 is 0 Å². The van der Waals surface area contributed by atoms with Crippen molar-refractivity contribution in [1.29, 1.82) is 0 Å². The summed E-state index contributed by atoms with van der Waals surface area (Å²) in [7, 11) is 1.88. The molecule has 4 nitrogen and oxygen atoms in total. The van der Waals surface area contributed by atoms with Gasteiger partial charge in [0.05, 0.1) is 0 Å². The van der Waals surface area contributed by atoms with Gasteiger partial charge in [0.1, 0.15) is 11.6 Å². The Labute approximate surface area is 121 Å². The van der Waals surface area contributed by atoms with E-state index in [9.17, 15) is 0 Å². The maximum atomic E-state index is 4.47. The first-order chi connectivity index (χ1) is 8.81. The maximum absolute atomic E-state index is 4.47. The quantitative estimate of drug-likeness (QED) is 0.640. The highest BCUT2D eigenvalue weighted by Gasteiger charge is 2.14. The zero-order chi connectivity index (χ0) is 12.8. The molecule has 100 valence electrons. The van der Waals surface area contributed by atoms with Crippen LogP contribution in [0.25, 0.3) is 0 Å². The predicted molar refractivity (Wildman–Crippen MR) is 85.4 cm³/mol. The number of thioether (sulfide) groups is 3. The van der Waals surface area contributed by atoms with Crippen molar-refractivity contribution in [2.75, 3.05) is 47.7 Å². The summed E-state index contributed by atoms with van der Waals surface area (Å²) in [4.78, 5) is 8.83. The molecule has 1 atom stereocenters. The Morgan fingerprint density at radius 3 is 2.89 bits per heavy atom. The van der Waals surface area contributed by atoms with E-state index < -0.39 is 0 Å². The van der Waals surface area contributed by atoms with Gasteiger partial charge in [-0.2, -0.15) is 23.5 Å². The topological polar surface area (TPSA) is 49.8 Å². The third-order valence-corrected chi connectivity index (χ3v) is 5.93. The summed E-state index contributed by atoms with van der Waals surface area (Å²) < 4.78 is 0. The van der Waals surface area contributed by atoms with Crippen LogP contribution >= 0.6 is 35.3 Å². The molecule has 7 heteroatoms. The van der Waals surface area contributed by atoms with Gasteiger partial charge in [-0.15, -0.1) is 0 Å². The molecule has 1 saturated heterocycles. The molecule has 2 N–H and O–H groups in total. The largest absolute Gasteiger partial charge is 0.373 e. The molecular weight excluding hydrogens is 284 g/mol. The highest BCUT2D eigenvalue weighted by Crippen LogP contribution is 2.24. The summed E-state index contributed by atoms with van der Waals surface area (Å²) in [5.74, 6) is 5.56. The lowest BCUT2D eigenvalue weighted by atomic mass is 10.4. The number of hydrogen-bond donors (Lipinski definition) is 2. The Hall–Kier alpha value is -0.270. The molecule has 1 fully saturated rings. The van der Waals surface area contributed by atoms with Gasteiger partial charge in [-0.25, -0.2) is 9.97 Å². The molecule has 1 aliphatic heterocycles. The second kappa shape index (κ2) is 7.35. The monoisotopic (exact) mass is 302 g/mol. The highest BCUT2D eigenvalue weighted by molar-refractivity contribution is 8.06. The maximum Gasteiger partial charge on any atom is 0.191 e. The van der Waals surface area contributed by atoms with E-state index in [2.05, 4.69) is 32.4 Å². The molecule has 0 radical (unpaired) electrons. The number of nitrogens with zero attached hydrogens (tertiary/aromatic N) is 2. The van der Waals surface area contributed by atoms with E-state index in [4.69, 9.17) is 0 Å². The van der Waals surface area contributed by atoms with Crippen molar-refractivity contribution in [2.45, 2.75) is 10.4 Å². The summed E-state index contributed by atoms with van der Waals surface area (Å²) in [6, 6.07) is 1.96. The predicted octanol–water partition coefficient (Wildman–Crippen LogP) is 2.50. The minimum atomic E-state index is 0.689. The SMILES string of the molecule is CNc1cc(NCC2CSCCS2)nc(SC)n1. The third-order valence-electron chi connectivity index (χ3n) is 2.54. The van der Waals surface area contributed by atoms with Gasteiger partial charge in [0, 0.05) is 42.2 Å². The first-order valence-electron chi connectivity index (χ1n) is 5.86. The summed E-state index contributed by atoms with van der Waals surface area (Å²) in [6.07, 6.45) is 1.99. The Balaban J connectivity index is 1.94. The third kappa shape index (κ3) is 4.13. The van der Waals surface area contributed by atoms with Crippen LogP contribution in [0.5, 0.6) is 0 Å². The van der Waals surface area contributed by atoms with Crippen molar-refractivity contribution < 1.29 is 0 Å². The Morgan fingerprint density at radius 1 is 1.39 bits per heavy atom.